The van der Waals surface area contributed by atoms with Gasteiger partial charge in [-0.25, -0.2) is 9.97 Å². The highest BCUT2D eigenvalue weighted by Gasteiger charge is 2.52. The highest BCUT2D eigenvalue weighted by Crippen LogP contribution is 2.51. The first-order valence-electron chi connectivity index (χ1n) is 10.3. The fraction of sp³-hybridized carbons (Fsp3) is 0.333. The maximum atomic E-state index is 11.5. The molecular formula is C24H23Cl2N3O. The van der Waals surface area contributed by atoms with Crippen LogP contribution in [-0.4, -0.2) is 32.1 Å². The molecule has 1 N–H and O–H groups in total. The van der Waals surface area contributed by atoms with Gasteiger partial charge in [-0.15, -0.1) is 0 Å². The molecular weight excluding hydrogens is 417 g/mol. The first kappa shape index (κ1) is 20.0. The summed E-state index contributed by atoms with van der Waals surface area (Å²) < 4.78 is 0. The maximum absolute atomic E-state index is 11.5. The highest BCUT2D eigenvalue weighted by molar-refractivity contribution is 6.32. The molecule has 2 aromatic carbocycles. The quantitative estimate of drug-likeness (QED) is 0.591. The van der Waals surface area contributed by atoms with Crippen molar-refractivity contribution in [3.8, 4) is 0 Å². The van der Waals surface area contributed by atoms with Gasteiger partial charge in [0.2, 0.25) is 0 Å². The van der Waals surface area contributed by atoms with Gasteiger partial charge in [0.15, 0.2) is 5.82 Å². The Labute approximate surface area is 186 Å². The lowest BCUT2D eigenvalue weighted by molar-refractivity contribution is -0.0713. The van der Waals surface area contributed by atoms with Gasteiger partial charge in [0.25, 0.3) is 0 Å². The van der Waals surface area contributed by atoms with E-state index in [1.54, 1.807) is 18.5 Å². The minimum Gasteiger partial charge on any atom is -0.382 e. The van der Waals surface area contributed by atoms with Crippen molar-refractivity contribution in [1.82, 2.24) is 14.9 Å². The second kappa shape index (κ2) is 7.93. The van der Waals surface area contributed by atoms with Gasteiger partial charge in [0.05, 0.1) is 6.04 Å². The van der Waals surface area contributed by atoms with Crippen LogP contribution in [0.25, 0.3) is 0 Å². The molecule has 2 fully saturated rings. The van der Waals surface area contributed by atoms with Crippen molar-refractivity contribution in [1.29, 1.82) is 0 Å². The summed E-state index contributed by atoms with van der Waals surface area (Å²) in [6.45, 7) is 0. The molecule has 0 aliphatic carbocycles. The number of aliphatic hydroxyl groups is 1. The van der Waals surface area contributed by atoms with Gasteiger partial charge in [0, 0.05) is 34.5 Å². The molecule has 2 atom stereocenters. The van der Waals surface area contributed by atoms with Crippen LogP contribution in [-0.2, 0) is 5.60 Å². The van der Waals surface area contributed by atoms with Gasteiger partial charge in [-0.3, -0.25) is 4.90 Å². The number of hydrogen-bond donors (Lipinski definition) is 1. The van der Waals surface area contributed by atoms with Crippen LogP contribution < -0.4 is 0 Å². The van der Waals surface area contributed by atoms with E-state index < -0.39 is 5.60 Å². The average Bonchev–Trinajstić information content (AvgIpc) is 3.02. The summed E-state index contributed by atoms with van der Waals surface area (Å²) in [5.74, 6) is 0.522. The Morgan fingerprint density at radius 3 is 1.83 bits per heavy atom. The molecule has 2 aliphatic heterocycles. The van der Waals surface area contributed by atoms with Gasteiger partial charge >= 0.3 is 0 Å². The molecule has 30 heavy (non-hydrogen) atoms. The van der Waals surface area contributed by atoms with Gasteiger partial charge in [-0.2, -0.15) is 0 Å². The first-order valence-corrected chi connectivity index (χ1v) is 11.1. The van der Waals surface area contributed by atoms with Crippen molar-refractivity contribution in [2.75, 3.05) is 0 Å². The molecule has 2 aliphatic rings. The summed E-state index contributed by atoms with van der Waals surface area (Å²) in [5, 5.41) is 12.9. The molecule has 6 heteroatoms. The number of nitrogens with zero attached hydrogens (tertiary/aromatic N) is 3. The van der Waals surface area contributed by atoms with Crippen LogP contribution in [0.1, 0.15) is 48.7 Å². The Bertz CT molecular complexity index is 986. The van der Waals surface area contributed by atoms with Crippen molar-refractivity contribution in [2.24, 2.45) is 0 Å². The fourth-order valence-corrected chi connectivity index (χ4v) is 5.76. The highest BCUT2D eigenvalue weighted by atomic mass is 35.5. The van der Waals surface area contributed by atoms with Crippen LogP contribution in [0.15, 0.2) is 67.0 Å². The van der Waals surface area contributed by atoms with Gasteiger partial charge in [0.1, 0.15) is 5.60 Å². The number of piperidine rings is 1. The van der Waals surface area contributed by atoms with Crippen molar-refractivity contribution in [3.63, 3.8) is 0 Å². The molecule has 1 aromatic heterocycles. The summed E-state index contributed by atoms with van der Waals surface area (Å²) in [6.07, 6.45) is 6.63. The molecule has 154 valence electrons. The topological polar surface area (TPSA) is 49.3 Å². The van der Waals surface area contributed by atoms with Crippen LogP contribution in [0.2, 0.25) is 10.0 Å². The van der Waals surface area contributed by atoms with E-state index >= 15 is 0 Å². The third-order valence-corrected chi connectivity index (χ3v) is 7.19. The van der Waals surface area contributed by atoms with E-state index in [2.05, 4.69) is 27.0 Å². The standard InChI is InChI=1S/C24H23Cl2N3O/c25-20-8-3-1-6-18(20)22(19-7-2-4-9-21(19)26)29-16-10-11-17(29)15-24(30,14-16)23-27-12-5-13-28-23/h1-9,12-13,16-17,22,30H,10-11,14-15H2. The van der Waals surface area contributed by atoms with E-state index in [-0.39, 0.29) is 18.1 Å². The minimum absolute atomic E-state index is 0.0638. The third-order valence-electron chi connectivity index (χ3n) is 6.50. The molecule has 2 bridgehead atoms. The number of fused-ring (bicyclic) bond motifs is 2. The second-order valence-corrected chi connectivity index (χ2v) is 9.10. The zero-order valence-corrected chi connectivity index (χ0v) is 18.0. The van der Waals surface area contributed by atoms with Crippen LogP contribution >= 0.6 is 23.2 Å². The smallest absolute Gasteiger partial charge is 0.160 e. The largest absolute Gasteiger partial charge is 0.382 e. The molecule has 5 rings (SSSR count). The summed E-state index contributed by atoms with van der Waals surface area (Å²) in [4.78, 5) is 11.2. The molecule has 0 amide bonds. The van der Waals surface area contributed by atoms with Gasteiger partial charge < -0.3 is 5.11 Å². The zero-order chi connectivity index (χ0) is 20.7. The number of rotatable bonds is 4. The normalized spacial score (nSPS) is 26.3. The van der Waals surface area contributed by atoms with Gasteiger partial charge in [-0.05, 0) is 55.0 Å². The van der Waals surface area contributed by atoms with E-state index in [0.717, 1.165) is 34.0 Å². The number of aromatic nitrogens is 2. The van der Waals surface area contributed by atoms with Gasteiger partial charge in [-0.1, -0.05) is 59.6 Å². The van der Waals surface area contributed by atoms with E-state index in [0.29, 0.717) is 18.7 Å². The molecule has 0 radical (unpaired) electrons. The summed E-state index contributed by atoms with van der Waals surface area (Å²) in [7, 11) is 0. The van der Waals surface area contributed by atoms with E-state index in [1.165, 1.54) is 0 Å². The maximum Gasteiger partial charge on any atom is 0.160 e. The number of halogens is 2. The fourth-order valence-electron chi connectivity index (χ4n) is 5.28. The van der Waals surface area contributed by atoms with Crippen LogP contribution in [0, 0.1) is 0 Å². The Morgan fingerprint density at radius 2 is 1.33 bits per heavy atom. The molecule has 0 saturated carbocycles. The molecule has 2 unspecified atom stereocenters. The predicted octanol–water partition coefficient (Wildman–Crippen LogP) is 5.39. The minimum atomic E-state index is -1.00. The lowest BCUT2D eigenvalue weighted by atomic mass is 9.82. The Kier molecular flexibility index (Phi) is 5.28. The average molecular weight is 440 g/mol. The predicted molar refractivity (Wildman–Crippen MR) is 119 cm³/mol. The SMILES string of the molecule is OC1(c2ncccn2)CC2CCC(C1)N2C(c1ccccc1Cl)c1ccccc1Cl. The molecule has 0 spiro atoms. The van der Waals surface area contributed by atoms with Crippen molar-refractivity contribution < 1.29 is 5.11 Å². The summed E-state index contributed by atoms with van der Waals surface area (Å²) in [5.41, 5.74) is 1.09. The van der Waals surface area contributed by atoms with Crippen molar-refractivity contribution in [2.45, 2.75) is 49.4 Å². The van der Waals surface area contributed by atoms with E-state index in [1.807, 2.05) is 36.4 Å². The summed E-state index contributed by atoms with van der Waals surface area (Å²) in [6, 6.07) is 18.1. The molecule has 3 heterocycles. The van der Waals surface area contributed by atoms with Crippen molar-refractivity contribution in [3.05, 3.63) is 94.0 Å². The molecule has 4 nitrogen and oxygen atoms in total. The van der Waals surface area contributed by atoms with E-state index in [4.69, 9.17) is 23.2 Å². The van der Waals surface area contributed by atoms with Crippen LogP contribution in [0.5, 0.6) is 0 Å². The zero-order valence-electron chi connectivity index (χ0n) is 16.5. The monoisotopic (exact) mass is 439 g/mol. The number of benzene rings is 2. The Balaban J connectivity index is 1.57. The first-order chi connectivity index (χ1) is 14.6. The molecule has 3 aromatic rings. The Hall–Kier alpha value is -1.98. The number of hydrogen-bond acceptors (Lipinski definition) is 4. The van der Waals surface area contributed by atoms with Crippen molar-refractivity contribution >= 4 is 23.2 Å². The Morgan fingerprint density at radius 1 is 0.833 bits per heavy atom. The third kappa shape index (κ3) is 3.42. The lowest BCUT2D eigenvalue weighted by Gasteiger charge is -2.47. The van der Waals surface area contributed by atoms with Crippen LogP contribution in [0.3, 0.4) is 0 Å². The summed E-state index contributed by atoms with van der Waals surface area (Å²) >= 11 is 13.3. The molecule has 2 saturated heterocycles. The van der Waals surface area contributed by atoms with E-state index in [9.17, 15) is 5.11 Å². The van der Waals surface area contributed by atoms with Crippen LogP contribution in [0.4, 0.5) is 0 Å². The second-order valence-electron chi connectivity index (χ2n) is 8.29. The lowest BCUT2D eigenvalue weighted by Crippen LogP contribution is -2.51.